The molecule has 0 unspecified atom stereocenters. The van der Waals surface area contributed by atoms with E-state index in [2.05, 4.69) is 34.8 Å². The summed E-state index contributed by atoms with van der Waals surface area (Å²) in [6.45, 7) is 3.53. The molecule has 0 aliphatic rings. The van der Waals surface area contributed by atoms with Gasteiger partial charge in [-0.25, -0.2) is 4.98 Å². The number of nitrogens with two attached hydrogens (primary N) is 1. The molecule has 0 atom stereocenters. The van der Waals surface area contributed by atoms with E-state index in [-0.39, 0.29) is 0 Å². The second kappa shape index (κ2) is 4.51. The van der Waals surface area contributed by atoms with Crippen molar-refractivity contribution in [2.24, 2.45) is 12.8 Å². The molecule has 3 aromatic rings. The van der Waals surface area contributed by atoms with Crippen molar-refractivity contribution in [2.75, 3.05) is 0 Å². The molecule has 1 aromatic carbocycles. The summed E-state index contributed by atoms with van der Waals surface area (Å²) < 4.78 is 4.05. The van der Waals surface area contributed by atoms with Crippen LogP contribution in [0.25, 0.3) is 22.6 Å². The van der Waals surface area contributed by atoms with Gasteiger partial charge in [0.05, 0.1) is 11.0 Å². The van der Waals surface area contributed by atoms with E-state index in [9.17, 15) is 0 Å². The van der Waals surface area contributed by atoms with Crippen LogP contribution in [0.3, 0.4) is 0 Å². The van der Waals surface area contributed by atoms with Crippen LogP contribution >= 0.6 is 0 Å². The number of nitrogens with zero attached hydrogens (tertiary/aromatic N) is 4. The quantitative estimate of drug-likeness (QED) is 0.777. The molecule has 2 N–H and O–H groups in total. The molecule has 0 amide bonds. The van der Waals surface area contributed by atoms with E-state index in [1.807, 2.05) is 17.8 Å². The largest absolute Gasteiger partial charge is 0.326 e. The summed E-state index contributed by atoms with van der Waals surface area (Å²) in [7, 11) is 1.93. The summed E-state index contributed by atoms with van der Waals surface area (Å²) in [5.74, 6) is 0.951. The van der Waals surface area contributed by atoms with Gasteiger partial charge in [-0.05, 0) is 30.7 Å². The normalized spacial score (nSPS) is 11.3. The minimum Gasteiger partial charge on any atom is -0.326 e. The predicted molar refractivity (Wildman–Crippen MR) is 75.5 cm³/mol. The third-order valence-electron chi connectivity index (χ3n) is 3.41. The highest BCUT2D eigenvalue weighted by Gasteiger charge is 2.14. The lowest BCUT2D eigenvalue weighted by atomic mass is 10.2. The molecular weight excluding hydrogens is 238 g/mol. The fourth-order valence-electron chi connectivity index (χ4n) is 2.41. The van der Waals surface area contributed by atoms with E-state index in [4.69, 9.17) is 10.7 Å². The molecule has 5 heteroatoms. The molecule has 0 fully saturated rings. The number of aryl methyl sites for hydroxylation is 2. The summed E-state index contributed by atoms with van der Waals surface area (Å²) in [5.41, 5.74) is 9.93. The van der Waals surface area contributed by atoms with Gasteiger partial charge in [0.25, 0.3) is 0 Å². The number of benzene rings is 1. The fraction of sp³-hybridized carbons (Fsp3) is 0.286. The minimum atomic E-state index is 0.538. The monoisotopic (exact) mass is 255 g/mol. The Morgan fingerprint density at radius 2 is 2.11 bits per heavy atom. The van der Waals surface area contributed by atoms with Crippen molar-refractivity contribution in [1.82, 2.24) is 19.3 Å². The lowest BCUT2D eigenvalue weighted by Crippen LogP contribution is -2.02. The maximum Gasteiger partial charge on any atom is 0.159 e. The van der Waals surface area contributed by atoms with Crippen LogP contribution in [0.2, 0.25) is 0 Å². The van der Waals surface area contributed by atoms with Gasteiger partial charge in [-0.15, -0.1) is 0 Å². The van der Waals surface area contributed by atoms with Crippen LogP contribution in [0.4, 0.5) is 0 Å². The lowest BCUT2D eigenvalue weighted by molar-refractivity contribution is 0.743. The third kappa shape index (κ3) is 1.82. The van der Waals surface area contributed by atoms with Crippen molar-refractivity contribution in [2.45, 2.75) is 20.0 Å². The SMILES string of the molecule is CCn1c(-c2ccnn2C)nc2cc(CN)ccc21. The number of fused-ring (bicyclic) bond motifs is 1. The Bertz CT molecular complexity index is 723. The van der Waals surface area contributed by atoms with Gasteiger partial charge in [0.2, 0.25) is 0 Å². The van der Waals surface area contributed by atoms with Crippen LogP contribution in [-0.4, -0.2) is 19.3 Å². The molecule has 2 heterocycles. The predicted octanol–water partition coefficient (Wildman–Crippen LogP) is 1.92. The van der Waals surface area contributed by atoms with Crippen LogP contribution in [0.1, 0.15) is 12.5 Å². The Labute approximate surface area is 111 Å². The summed E-state index contributed by atoms with van der Waals surface area (Å²) >= 11 is 0. The highest BCUT2D eigenvalue weighted by atomic mass is 15.3. The molecule has 98 valence electrons. The second-order valence-corrected chi connectivity index (χ2v) is 4.55. The summed E-state index contributed by atoms with van der Waals surface area (Å²) in [4.78, 5) is 4.74. The Morgan fingerprint density at radius 1 is 1.26 bits per heavy atom. The van der Waals surface area contributed by atoms with Gasteiger partial charge in [0.1, 0.15) is 5.69 Å². The van der Waals surface area contributed by atoms with Crippen LogP contribution in [-0.2, 0) is 20.1 Å². The van der Waals surface area contributed by atoms with Crippen LogP contribution in [0.15, 0.2) is 30.5 Å². The maximum absolute atomic E-state index is 5.69. The van der Waals surface area contributed by atoms with Crippen molar-refractivity contribution in [3.63, 3.8) is 0 Å². The highest BCUT2D eigenvalue weighted by Crippen LogP contribution is 2.25. The first-order chi connectivity index (χ1) is 9.24. The van der Waals surface area contributed by atoms with Gasteiger partial charge < -0.3 is 10.3 Å². The molecule has 5 nitrogen and oxygen atoms in total. The van der Waals surface area contributed by atoms with E-state index >= 15 is 0 Å². The fourth-order valence-corrected chi connectivity index (χ4v) is 2.41. The molecular formula is C14H17N5. The van der Waals surface area contributed by atoms with E-state index in [1.165, 1.54) is 0 Å². The first kappa shape index (κ1) is 11.9. The van der Waals surface area contributed by atoms with Crippen molar-refractivity contribution < 1.29 is 0 Å². The molecule has 2 aromatic heterocycles. The number of hydrogen-bond acceptors (Lipinski definition) is 3. The van der Waals surface area contributed by atoms with Crippen molar-refractivity contribution in [3.8, 4) is 11.5 Å². The standard InChI is InChI=1S/C14H17N5/c1-3-19-12-5-4-10(9-15)8-11(12)17-14(19)13-6-7-16-18(13)2/h4-8H,3,9,15H2,1-2H3. The van der Waals surface area contributed by atoms with E-state index in [0.29, 0.717) is 6.54 Å². The topological polar surface area (TPSA) is 61.7 Å². The van der Waals surface area contributed by atoms with Crippen molar-refractivity contribution in [1.29, 1.82) is 0 Å². The number of rotatable bonds is 3. The minimum absolute atomic E-state index is 0.538. The zero-order chi connectivity index (χ0) is 13.4. The van der Waals surface area contributed by atoms with Gasteiger partial charge in [0.15, 0.2) is 5.82 Å². The molecule has 0 aliphatic carbocycles. The number of aromatic nitrogens is 4. The smallest absolute Gasteiger partial charge is 0.159 e. The van der Waals surface area contributed by atoms with Crippen molar-refractivity contribution in [3.05, 3.63) is 36.0 Å². The van der Waals surface area contributed by atoms with Crippen LogP contribution in [0.5, 0.6) is 0 Å². The van der Waals surface area contributed by atoms with Gasteiger partial charge in [0, 0.05) is 26.3 Å². The van der Waals surface area contributed by atoms with Crippen LogP contribution < -0.4 is 5.73 Å². The molecule has 0 saturated heterocycles. The molecule has 0 bridgehead atoms. The average molecular weight is 255 g/mol. The Morgan fingerprint density at radius 3 is 2.74 bits per heavy atom. The van der Waals surface area contributed by atoms with Gasteiger partial charge in [-0.1, -0.05) is 6.07 Å². The first-order valence-electron chi connectivity index (χ1n) is 6.42. The molecule has 0 saturated carbocycles. The van der Waals surface area contributed by atoms with E-state index in [0.717, 1.165) is 34.7 Å². The number of hydrogen-bond donors (Lipinski definition) is 1. The van der Waals surface area contributed by atoms with Crippen molar-refractivity contribution >= 4 is 11.0 Å². The summed E-state index contributed by atoms with van der Waals surface area (Å²) in [6.07, 6.45) is 1.79. The number of imidazole rings is 1. The lowest BCUT2D eigenvalue weighted by Gasteiger charge is -2.06. The average Bonchev–Trinajstić information content (AvgIpc) is 3.00. The maximum atomic E-state index is 5.69. The summed E-state index contributed by atoms with van der Waals surface area (Å²) in [5, 5.41) is 4.22. The van der Waals surface area contributed by atoms with Gasteiger partial charge in [-0.3, -0.25) is 4.68 Å². The Hall–Kier alpha value is -2.14. The van der Waals surface area contributed by atoms with Crippen LogP contribution in [0, 0.1) is 0 Å². The zero-order valence-electron chi connectivity index (χ0n) is 11.2. The Kier molecular flexibility index (Phi) is 2.83. The first-order valence-corrected chi connectivity index (χ1v) is 6.42. The third-order valence-corrected chi connectivity index (χ3v) is 3.41. The molecule has 0 spiro atoms. The molecule has 3 rings (SSSR count). The Balaban J connectivity index is 2.27. The van der Waals surface area contributed by atoms with E-state index in [1.54, 1.807) is 6.20 Å². The molecule has 0 aliphatic heterocycles. The molecule has 19 heavy (non-hydrogen) atoms. The van der Waals surface area contributed by atoms with E-state index < -0.39 is 0 Å². The highest BCUT2D eigenvalue weighted by molar-refractivity contribution is 5.80. The van der Waals surface area contributed by atoms with Gasteiger partial charge >= 0.3 is 0 Å². The molecule has 0 radical (unpaired) electrons. The summed E-state index contributed by atoms with van der Waals surface area (Å²) in [6, 6.07) is 8.19. The second-order valence-electron chi connectivity index (χ2n) is 4.55. The zero-order valence-corrected chi connectivity index (χ0v) is 11.2. The van der Waals surface area contributed by atoms with Gasteiger partial charge in [-0.2, -0.15) is 5.10 Å².